The number of hydrogen-bond donors (Lipinski definition) is 1. The number of pyridine rings is 4. The smallest absolute Gasteiger partial charge is 0.403 e. The van der Waals surface area contributed by atoms with Crippen LogP contribution in [0.2, 0.25) is 0 Å². The lowest BCUT2D eigenvalue weighted by molar-refractivity contribution is -0.670. The topological polar surface area (TPSA) is 275 Å². The zero-order valence-corrected chi connectivity index (χ0v) is 49.6. The molecule has 0 atom stereocenters. The van der Waals surface area contributed by atoms with E-state index in [9.17, 15) is 21.4 Å². The van der Waals surface area contributed by atoms with Crippen molar-refractivity contribution in [3.05, 3.63) is 179 Å². The highest BCUT2D eigenvalue weighted by atomic mass is 32.3. The fraction of sp³-hybridized carbons (Fsp3) is 0.377. The SMILES string of the molecule is C.COS(=O)(=O)OC.COS(=O)(=O)[O-].C[n+]1cccc(N=Nc2cc3c4c(c2)CCCN4CCC3)c1.N#[N+]c1cccnc1.Nc1cccnc1.c1cc2c3c(c1)CCCN3CCC2.c1cncc(N=Nc2cc3c4c(c2)CCCN4CCC3)c1. The van der Waals surface area contributed by atoms with E-state index < -0.39 is 20.8 Å². The van der Waals surface area contributed by atoms with Gasteiger partial charge < -0.3 is 25.0 Å². The third-order valence-corrected chi connectivity index (χ3v) is 15.3. The second kappa shape index (κ2) is 33.3. The van der Waals surface area contributed by atoms with Crippen LogP contribution in [0, 0.1) is 5.39 Å². The Labute approximate surface area is 500 Å². The lowest BCUT2D eigenvalue weighted by Crippen LogP contribution is -2.34. The van der Waals surface area contributed by atoms with Crippen molar-refractivity contribution < 1.29 is 38.5 Å². The van der Waals surface area contributed by atoms with Crippen LogP contribution in [0.4, 0.5) is 51.2 Å². The number of benzene rings is 3. The maximum atomic E-state index is 9.92. The number of nitrogens with two attached hydrogens (primary N) is 1. The minimum atomic E-state index is -4.41. The molecule has 0 amide bonds. The third kappa shape index (κ3) is 20.8. The molecule has 22 nitrogen and oxygen atoms in total. The van der Waals surface area contributed by atoms with Crippen molar-refractivity contribution in [2.75, 3.05) is 81.0 Å². The summed E-state index contributed by atoms with van der Waals surface area (Å²) in [5, 5.41) is 25.7. The second-order valence-corrected chi connectivity index (χ2v) is 22.6. The number of aromatic nitrogens is 4. The maximum Gasteiger partial charge on any atom is 0.403 e. The molecule has 0 spiro atoms. The summed E-state index contributed by atoms with van der Waals surface area (Å²) < 4.78 is 60.5. The summed E-state index contributed by atoms with van der Waals surface area (Å²) in [5.41, 5.74) is 23.6. The Morgan fingerprint density at radius 2 is 0.918 bits per heavy atom. The second-order valence-electron chi connectivity index (χ2n) is 20.0. The first kappa shape index (κ1) is 66.0. The molecular weight excluding hydrogens is 1120 g/mol. The van der Waals surface area contributed by atoms with Gasteiger partial charge >= 0.3 is 16.1 Å². The van der Waals surface area contributed by atoms with Crippen molar-refractivity contribution >= 4 is 72.0 Å². The Morgan fingerprint density at radius 3 is 1.25 bits per heavy atom. The third-order valence-electron chi connectivity index (χ3n) is 14.1. The molecule has 85 heavy (non-hydrogen) atoms. The summed E-state index contributed by atoms with van der Waals surface area (Å²) in [7, 11) is -3.21. The predicted molar refractivity (Wildman–Crippen MR) is 330 cm³/mol. The summed E-state index contributed by atoms with van der Waals surface area (Å²) in [6.07, 6.45) is 28.8. The molecule has 0 aliphatic carbocycles. The number of rotatable bonds is 7. The van der Waals surface area contributed by atoms with Gasteiger partial charge in [0.2, 0.25) is 15.8 Å². The minimum absolute atomic E-state index is 0. The molecule has 6 aliphatic rings. The van der Waals surface area contributed by atoms with Gasteiger partial charge in [0, 0.05) is 93.3 Å². The van der Waals surface area contributed by atoms with Gasteiger partial charge in [-0.1, -0.05) is 25.6 Å². The molecule has 0 unspecified atom stereocenters. The molecule has 24 heteroatoms. The largest absolute Gasteiger partial charge is 0.726 e. The van der Waals surface area contributed by atoms with E-state index in [1.807, 2.05) is 48.3 Å². The van der Waals surface area contributed by atoms with Gasteiger partial charge in [-0.2, -0.15) is 18.6 Å². The van der Waals surface area contributed by atoms with Crippen LogP contribution in [0.1, 0.15) is 79.3 Å². The summed E-state index contributed by atoms with van der Waals surface area (Å²) >= 11 is 0. The van der Waals surface area contributed by atoms with Crippen molar-refractivity contribution in [2.45, 2.75) is 84.5 Å². The van der Waals surface area contributed by atoms with Crippen LogP contribution >= 0.6 is 0 Å². The average Bonchev–Trinajstić information content (AvgIpc) is 1.71. The molecular formula is C61H77N14O8S2+. The van der Waals surface area contributed by atoms with Crippen molar-refractivity contribution in [3.63, 3.8) is 0 Å². The van der Waals surface area contributed by atoms with E-state index in [1.54, 1.807) is 72.1 Å². The molecule has 6 aliphatic heterocycles. The molecule has 0 saturated heterocycles. The van der Waals surface area contributed by atoms with Crippen molar-refractivity contribution in [1.29, 1.82) is 5.39 Å². The van der Waals surface area contributed by atoms with E-state index in [-0.39, 0.29) is 7.43 Å². The van der Waals surface area contributed by atoms with Crippen LogP contribution in [0.15, 0.2) is 161 Å². The first-order valence-electron chi connectivity index (χ1n) is 27.8. The molecule has 4 aromatic heterocycles. The van der Waals surface area contributed by atoms with Crippen molar-refractivity contribution in [1.82, 2.24) is 15.0 Å². The summed E-state index contributed by atoms with van der Waals surface area (Å²) in [4.78, 5) is 22.1. The Balaban J connectivity index is 0.000000169. The van der Waals surface area contributed by atoms with Gasteiger partial charge in [0.1, 0.15) is 24.6 Å². The van der Waals surface area contributed by atoms with E-state index in [2.05, 4.69) is 110 Å². The van der Waals surface area contributed by atoms with Gasteiger partial charge in [-0.3, -0.25) is 27.5 Å². The standard InChI is InChI=1S/C18H21N4.C17H18N4.C12H15N.C5H4N3.C5H6N2.C2H6O4S.CH4O4S.CH4/c1-21-8-4-7-16(13-21)19-20-17-11-14-5-2-9-22-10-3-6-15(12-17)18(14)22;1-6-15(12-18-7-1)19-20-16-10-13-4-2-8-21-9-3-5-14(11-16)17(13)21;1-4-10-6-2-8-13-9-3-7-11(5-1)12(10)13;6-8-5-2-1-3-7-4-5;6-5-2-1-3-7-4-5;1-5-7(3,4)6-2;1-5-6(2,3)4;/h4,7-8,11-13H,2-3,5-6,9-10H2,1H3;1,6-7,10-12H,2-5,8-9H2;1,4-5H,2-3,6-9H2;1-4H;1-4H,6H2;1-2H3;1H3,(H,2,3,4);1H4/q+1;;;+1;;;;/p-1. The van der Waals surface area contributed by atoms with Crippen LogP contribution in [0.25, 0.3) is 4.98 Å². The Kier molecular flexibility index (Phi) is 25.9. The van der Waals surface area contributed by atoms with Crippen molar-refractivity contribution in [3.8, 4) is 0 Å². The Bertz CT molecular complexity index is 3460. The van der Waals surface area contributed by atoms with Crippen LogP contribution in [0.3, 0.4) is 0 Å². The van der Waals surface area contributed by atoms with Crippen LogP contribution in [-0.4, -0.2) is 96.9 Å². The number of aryl methyl sites for hydroxylation is 7. The minimum Gasteiger partial charge on any atom is -0.726 e. The summed E-state index contributed by atoms with van der Waals surface area (Å²) in [5.74, 6) is 0. The van der Waals surface area contributed by atoms with Gasteiger partial charge in [-0.25, -0.2) is 13.0 Å². The fourth-order valence-corrected chi connectivity index (χ4v) is 10.7. The molecule has 0 fully saturated rings. The van der Waals surface area contributed by atoms with E-state index in [4.69, 9.17) is 11.1 Å². The lowest BCUT2D eigenvalue weighted by atomic mass is 9.91. The molecule has 7 aromatic rings. The zero-order valence-electron chi connectivity index (χ0n) is 48.0. The molecule has 10 heterocycles. The number of azo groups is 2. The van der Waals surface area contributed by atoms with E-state index in [0.717, 1.165) is 56.9 Å². The molecule has 2 N–H and O–H groups in total. The maximum absolute atomic E-state index is 9.92. The highest BCUT2D eigenvalue weighted by Crippen LogP contribution is 2.40. The average molecular weight is 1200 g/mol. The normalized spacial score (nSPS) is 14.8. The van der Waals surface area contributed by atoms with Gasteiger partial charge in [0.05, 0.1) is 44.6 Å². The van der Waals surface area contributed by atoms with Crippen molar-refractivity contribution in [2.24, 2.45) is 27.5 Å². The first-order chi connectivity index (χ1) is 40.6. The molecule has 450 valence electrons. The zero-order chi connectivity index (χ0) is 59.7. The molecule has 0 radical (unpaired) electrons. The summed E-state index contributed by atoms with van der Waals surface area (Å²) in [6.45, 7) is 7.39. The van der Waals surface area contributed by atoms with Gasteiger partial charge in [0.25, 0.3) is 0 Å². The molecule has 0 saturated carbocycles. The van der Waals surface area contributed by atoms with Gasteiger partial charge in [-0.15, -0.1) is 10.2 Å². The molecule has 13 rings (SSSR count). The van der Waals surface area contributed by atoms with E-state index >= 15 is 0 Å². The number of nitrogen functional groups attached to an aromatic ring is 1. The lowest BCUT2D eigenvalue weighted by Gasteiger charge is -2.36. The highest BCUT2D eigenvalue weighted by Gasteiger charge is 2.26. The van der Waals surface area contributed by atoms with Crippen LogP contribution in [0.5, 0.6) is 0 Å². The number of nitrogens with zero attached hydrogens (tertiary/aromatic N) is 13. The Morgan fingerprint density at radius 1 is 0.529 bits per heavy atom. The van der Waals surface area contributed by atoms with Crippen LogP contribution in [-0.2, 0) is 78.9 Å². The van der Waals surface area contributed by atoms with E-state index in [1.165, 1.54) is 143 Å². The Hall–Kier alpha value is -8.18. The van der Waals surface area contributed by atoms with Gasteiger partial charge in [0.15, 0.2) is 17.4 Å². The highest BCUT2D eigenvalue weighted by molar-refractivity contribution is 7.81. The number of anilines is 4. The van der Waals surface area contributed by atoms with Gasteiger partial charge in [-0.05, 0) is 171 Å². The summed E-state index contributed by atoms with van der Waals surface area (Å²) in [6, 6.07) is 30.4. The monoisotopic (exact) mass is 1200 g/mol. The predicted octanol–water partition coefficient (Wildman–Crippen LogP) is 11.7. The van der Waals surface area contributed by atoms with E-state index in [0.29, 0.717) is 11.4 Å². The number of hydrogen-bond acceptors (Lipinski definition) is 20. The van der Waals surface area contributed by atoms with Crippen LogP contribution < -0.4 is 25.0 Å². The molecule has 3 aromatic carbocycles. The first-order valence-corrected chi connectivity index (χ1v) is 30.5. The number of diazo groups is 1. The molecule has 0 bridgehead atoms. The number of para-hydroxylation sites is 1. The fourth-order valence-electron chi connectivity index (χ4n) is 10.5. The quantitative estimate of drug-likeness (QED) is 0.0510.